The molecule has 1 aromatic heterocycles. The number of carbonyl (C=O) groups excluding carboxylic acids is 2. The number of thiazole rings is 1. The van der Waals surface area contributed by atoms with E-state index in [-0.39, 0.29) is 6.03 Å². The maximum atomic E-state index is 12.8. The Labute approximate surface area is 179 Å². The summed E-state index contributed by atoms with van der Waals surface area (Å²) in [5.41, 5.74) is 2.02. The lowest BCUT2D eigenvalue weighted by molar-refractivity contribution is -0.142. The molecule has 4 rings (SSSR count). The van der Waals surface area contributed by atoms with Gasteiger partial charge in [0.15, 0.2) is 0 Å². The third kappa shape index (κ3) is 4.62. The third-order valence-corrected chi connectivity index (χ3v) is 6.71. The summed E-state index contributed by atoms with van der Waals surface area (Å²) in [6.45, 7) is 1.29. The lowest BCUT2D eigenvalue weighted by Gasteiger charge is -2.32. The van der Waals surface area contributed by atoms with Crippen molar-refractivity contribution in [3.8, 4) is 0 Å². The van der Waals surface area contributed by atoms with Crippen LogP contribution < -0.4 is 5.32 Å². The minimum absolute atomic E-state index is 0.218. The summed E-state index contributed by atoms with van der Waals surface area (Å²) in [4.78, 5) is 31.5. The van der Waals surface area contributed by atoms with Gasteiger partial charge in [-0.15, -0.1) is 11.3 Å². The van der Waals surface area contributed by atoms with Gasteiger partial charge in [-0.25, -0.2) is 14.6 Å². The van der Waals surface area contributed by atoms with Crippen LogP contribution in [0.3, 0.4) is 0 Å². The highest BCUT2D eigenvalue weighted by atomic mass is 32.1. The molecule has 1 atom stereocenters. The number of nitrogens with one attached hydrogen (secondary N) is 1. The number of hydrogen-bond acceptors (Lipinski definition) is 5. The number of likely N-dealkylation sites (tertiary alicyclic amines) is 1. The Morgan fingerprint density at radius 2 is 1.83 bits per heavy atom. The van der Waals surface area contributed by atoms with Crippen LogP contribution >= 0.6 is 11.3 Å². The molecule has 3 aromatic rings. The molecule has 1 aliphatic heterocycles. The minimum Gasteiger partial charge on any atom is -0.467 e. The van der Waals surface area contributed by atoms with E-state index in [1.165, 1.54) is 11.8 Å². The smallest absolute Gasteiger partial charge is 0.328 e. The first kappa shape index (κ1) is 20.3. The lowest BCUT2D eigenvalue weighted by Crippen LogP contribution is -2.51. The number of amides is 2. The summed E-state index contributed by atoms with van der Waals surface area (Å²) in [6, 6.07) is 16.9. The fourth-order valence-corrected chi connectivity index (χ4v) is 4.96. The fraction of sp³-hybridized carbons (Fsp3) is 0.348. The number of aromatic nitrogens is 1. The highest BCUT2D eigenvalue weighted by Crippen LogP contribution is 2.33. The van der Waals surface area contributed by atoms with Crippen molar-refractivity contribution in [3.05, 3.63) is 65.2 Å². The van der Waals surface area contributed by atoms with Crippen LogP contribution in [0.4, 0.5) is 4.79 Å². The molecule has 0 unspecified atom stereocenters. The van der Waals surface area contributed by atoms with Crippen LogP contribution in [-0.2, 0) is 16.0 Å². The van der Waals surface area contributed by atoms with Crippen LogP contribution in [0.15, 0.2) is 54.6 Å². The van der Waals surface area contributed by atoms with Crippen molar-refractivity contribution in [3.63, 3.8) is 0 Å². The van der Waals surface area contributed by atoms with Crippen molar-refractivity contribution >= 4 is 33.6 Å². The lowest BCUT2D eigenvalue weighted by atomic mass is 9.98. The van der Waals surface area contributed by atoms with E-state index < -0.39 is 12.0 Å². The predicted molar refractivity (Wildman–Crippen MR) is 118 cm³/mol. The molecular formula is C23H25N3O3S. The SMILES string of the molecule is COC(=O)[C@H](Cc1ccccc1)NC(=O)N1CCC(c2nc3ccccc3s2)CC1. The summed E-state index contributed by atoms with van der Waals surface area (Å²) in [5.74, 6) is -0.0660. The molecule has 156 valence electrons. The fourth-order valence-electron chi connectivity index (χ4n) is 3.82. The number of benzene rings is 2. The van der Waals surface area contributed by atoms with Crippen molar-refractivity contribution in [2.45, 2.75) is 31.2 Å². The average Bonchev–Trinajstić information content (AvgIpc) is 3.23. The van der Waals surface area contributed by atoms with E-state index in [0.29, 0.717) is 25.4 Å². The standard InChI is InChI=1S/C23H25N3O3S/c1-29-22(27)19(15-16-7-3-2-4-8-16)25-23(28)26-13-11-17(12-14-26)21-24-18-9-5-6-10-20(18)30-21/h2-10,17,19H,11-15H2,1H3,(H,25,28)/t19-/m0/s1. The number of urea groups is 1. The summed E-state index contributed by atoms with van der Waals surface area (Å²) in [5, 5.41) is 4.01. The molecule has 1 aliphatic rings. The largest absolute Gasteiger partial charge is 0.467 e. The minimum atomic E-state index is -0.702. The second-order valence-electron chi connectivity index (χ2n) is 7.50. The van der Waals surface area contributed by atoms with Crippen molar-refractivity contribution in [1.29, 1.82) is 0 Å². The summed E-state index contributed by atoms with van der Waals surface area (Å²) in [7, 11) is 1.34. The normalized spacial score (nSPS) is 15.7. The van der Waals surface area contributed by atoms with Crippen LogP contribution in [0.5, 0.6) is 0 Å². The number of fused-ring (bicyclic) bond motifs is 1. The molecule has 0 saturated carbocycles. The first-order chi connectivity index (χ1) is 14.6. The Bertz CT molecular complexity index is 980. The Morgan fingerprint density at radius 1 is 1.13 bits per heavy atom. The van der Waals surface area contributed by atoms with Gasteiger partial charge in [-0.2, -0.15) is 0 Å². The zero-order chi connectivity index (χ0) is 20.9. The number of methoxy groups -OCH3 is 1. The maximum Gasteiger partial charge on any atom is 0.328 e. The van der Waals surface area contributed by atoms with Crippen LogP contribution in [0.2, 0.25) is 0 Å². The van der Waals surface area contributed by atoms with Crippen LogP contribution in [0.25, 0.3) is 10.2 Å². The third-order valence-electron chi connectivity index (χ3n) is 5.51. The van der Waals surface area contributed by atoms with Gasteiger partial charge in [-0.05, 0) is 30.5 Å². The second kappa shape index (κ2) is 9.26. The zero-order valence-corrected chi connectivity index (χ0v) is 17.7. The Kier molecular flexibility index (Phi) is 6.28. The van der Waals surface area contributed by atoms with E-state index in [9.17, 15) is 9.59 Å². The van der Waals surface area contributed by atoms with Crippen molar-refractivity contribution in [2.75, 3.05) is 20.2 Å². The molecule has 2 aromatic carbocycles. The second-order valence-corrected chi connectivity index (χ2v) is 8.56. The van der Waals surface area contributed by atoms with Crippen LogP contribution in [0.1, 0.15) is 29.3 Å². The van der Waals surface area contributed by atoms with Gasteiger partial charge in [-0.1, -0.05) is 42.5 Å². The van der Waals surface area contributed by atoms with E-state index in [1.54, 1.807) is 16.2 Å². The monoisotopic (exact) mass is 423 g/mol. The Balaban J connectivity index is 1.36. The summed E-state index contributed by atoms with van der Waals surface area (Å²) >= 11 is 1.74. The van der Waals surface area contributed by atoms with Crippen molar-refractivity contribution in [2.24, 2.45) is 0 Å². The van der Waals surface area contributed by atoms with Crippen molar-refractivity contribution in [1.82, 2.24) is 15.2 Å². The molecular weight excluding hydrogens is 398 g/mol. The summed E-state index contributed by atoms with van der Waals surface area (Å²) < 4.78 is 6.10. The molecule has 0 bridgehead atoms. The van der Waals surface area contributed by atoms with Crippen LogP contribution in [0, 0.1) is 0 Å². The number of ether oxygens (including phenoxy) is 1. The molecule has 30 heavy (non-hydrogen) atoms. The molecule has 0 aliphatic carbocycles. The Hall–Kier alpha value is -2.93. The molecule has 1 saturated heterocycles. The maximum absolute atomic E-state index is 12.8. The summed E-state index contributed by atoms with van der Waals surface area (Å²) in [6.07, 6.45) is 2.14. The van der Waals surface area contributed by atoms with Gasteiger partial charge in [0, 0.05) is 25.4 Å². The van der Waals surface area contributed by atoms with Gasteiger partial charge in [0.05, 0.1) is 22.3 Å². The molecule has 1 N–H and O–H groups in total. The average molecular weight is 424 g/mol. The molecule has 0 spiro atoms. The molecule has 2 heterocycles. The van der Waals surface area contributed by atoms with Gasteiger partial charge < -0.3 is 15.0 Å². The van der Waals surface area contributed by atoms with E-state index in [4.69, 9.17) is 9.72 Å². The van der Waals surface area contributed by atoms with E-state index >= 15 is 0 Å². The Morgan fingerprint density at radius 3 is 2.53 bits per heavy atom. The van der Waals surface area contributed by atoms with Gasteiger partial charge in [0.25, 0.3) is 0 Å². The van der Waals surface area contributed by atoms with E-state index in [1.807, 2.05) is 48.5 Å². The molecule has 6 nitrogen and oxygen atoms in total. The van der Waals surface area contributed by atoms with Crippen LogP contribution in [-0.4, -0.2) is 48.1 Å². The van der Waals surface area contributed by atoms with Gasteiger partial charge in [0.1, 0.15) is 6.04 Å². The molecule has 2 amide bonds. The van der Waals surface area contributed by atoms with Gasteiger partial charge in [-0.3, -0.25) is 0 Å². The van der Waals surface area contributed by atoms with Gasteiger partial charge in [0.2, 0.25) is 0 Å². The van der Waals surface area contributed by atoms with E-state index in [2.05, 4.69) is 11.4 Å². The molecule has 0 radical (unpaired) electrons. The highest BCUT2D eigenvalue weighted by Gasteiger charge is 2.29. The van der Waals surface area contributed by atoms with Crippen molar-refractivity contribution < 1.29 is 14.3 Å². The van der Waals surface area contributed by atoms with Gasteiger partial charge >= 0.3 is 12.0 Å². The number of esters is 1. The predicted octanol–water partition coefficient (Wildman–Crippen LogP) is 3.97. The number of hydrogen-bond donors (Lipinski definition) is 1. The quantitative estimate of drug-likeness (QED) is 0.631. The first-order valence-electron chi connectivity index (χ1n) is 10.2. The number of nitrogens with zero attached hydrogens (tertiary/aromatic N) is 2. The topological polar surface area (TPSA) is 71.5 Å². The highest BCUT2D eigenvalue weighted by molar-refractivity contribution is 7.18. The zero-order valence-electron chi connectivity index (χ0n) is 16.9. The first-order valence-corrected chi connectivity index (χ1v) is 11.0. The number of para-hydroxylation sites is 1. The number of piperidine rings is 1. The van der Waals surface area contributed by atoms with E-state index in [0.717, 1.165) is 28.9 Å². The number of carbonyl (C=O) groups is 2. The number of rotatable bonds is 5. The molecule has 7 heteroatoms. The molecule has 1 fully saturated rings.